The lowest BCUT2D eigenvalue weighted by Gasteiger charge is -2.17. The van der Waals surface area contributed by atoms with Gasteiger partial charge in [-0.2, -0.15) is 0 Å². The first kappa shape index (κ1) is 12.8. The van der Waals surface area contributed by atoms with E-state index in [1.165, 1.54) is 0 Å². The molecule has 0 radical (unpaired) electrons. The average molecular weight is 322 g/mol. The Morgan fingerprint density at radius 1 is 1.47 bits per heavy atom. The van der Waals surface area contributed by atoms with Gasteiger partial charge in [0, 0.05) is 10.4 Å². The molecular weight excluding hydrogens is 310 g/mol. The smallest absolute Gasteiger partial charge is 0.307 e. The van der Waals surface area contributed by atoms with Crippen LogP contribution in [0.5, 0.6) is 0 Å². The molecule has 92 valence electrons. The fraction of sp³-hybridized carbons (Fsp3) is 0.417. The molecule has 0 heterocycles. The molecule has 0 aliphatic heterocycles. The van der Waals surface area contributed by atoms with Crippen molar-refractivity contribution in [3.8, 4) is 0 Å². The van der Waals surface area contributed by atoms with Crippen LogP contribution >= 0.6 is 27.5 Å². The van der Waals surface area contributed by atoms with Crippen LogP contribution in [0, 0.1) is 11.7 Å². The lowest BCUT2D eigenvalue weighted by molar-refractivity contribution is -0.142. The number of benzene rings is 1. The van der Waals surface area contributed by atoms with Crippen LogP contribution in [0.1, 0.15) is 30.7 Å². The maximum absolute atomic E-state index is 14.0. The molecule has 1 aromatic rings. The second-order valence-electron chi connectivity index (χ2n) is 4.25. The van der Waals surface area contributed by atoms with Gasteiger partial charge >= 0.3 is 5.97 Å². The van der Waals surface area contributed by atoms with Crippen molar-refractivity contribution >= 4 is 33.5 Å². The van der Waals surface area contributed by atoms with E-state index in [4.69, 9.17) is 16.7 Å². The quantitative estimate of drug-likeness (QED) is 0.829. The zero-order valence-electron chi connectivity index (χ0n) is 8.92. The molecule has 0 bridgehead atoms. The van der Waals surface area contributed by atoms with Crippen LogP contribution in [-0.2, 0) is 4.79 Å². The first-order chi connectivity index (χ1) is 8.02. The minimum absolute atomic E-state index is 0.0264. The molecule has 1 aliphatic carbocycles. The van der Waals surface area contributed by atoms with Gasteiger partial charge < -0.3 is 5.11 Å². The highest BCUT2D eigenvalue weighted by Crippen LogP contribution is 2.42. The van der Waals surface area contributed by atoms with E-state index in [-0.39, 0.29) is 10.9 Å². The molecule has 0 spiro atoms. The normalized spacial score (nSPS) is 23.9. The molecule has 2 unspecified atom stereocenters. The Hall–Kier alpha value is -0.610. The Morgan fingerprint density at radius 3 is 2.82 bits per heavy atom. The van der Waals surface area contributed by atoms with E-state index in [2.05, 4.69) is 15.9 Å². The maximum Gasteiger partial charge on any atom is 0.307 e. The van der Waals surface area contributed by atoms with Crippen LogP contribution in [-0.4, -0.2) is 11.1 Å². The molecule has 2 rings (SSSR count). The minimum Gasteiger partial charge on any atom is -0.481 e. The summed E-state index contributed by atoms with van der Waals surface area (Å²) in [7, 11) is 0. The van der Waals surface area contributed by atoms with Crippen molar-refractivity contribution in [1.29, 1.82) is 0 Å². The molecule has 1 N–H and O–H groups in total. The highest BCUT2D eigenvalue weighted by molar-refractivity contribution is 9.10. The van der Waals surface area contributed by atoms with Gasteiger partial charge in [0.25, 0.3) is 0 Å². The van der Waals surface area contributed by atoms with Crippen molar-refractivity contribution in [3.05, 3.63) is 33.0 Å². The first-order valence-corrected chi connectivity index (χ1v) is 6.55. The number of carboxylic acid groups (broad SMARTS) is 1. The van der Waals surface area contributed by atoms with E-state index in [9.17, 15) is 9.18 Å². The van der Waals surface area contributed by atoms with Crippen molar-refractivity contribution in [3.63, 3.8) is 0 Å². The Kier molecular flexibility index (Phi) is 3.73. The summed E-state index contributed by atoms with van der Waals surface area (Å²) >= 11 is 8.96. The van der Waals surface area contributed by atoms with E-state index in [0.29, 0.717) is 22.9 Å². The SMILES string of the molecule is O=C(O)C1CCCC1c1ccc(Br)c(Cl)c1F. The van der Waals surface area contributed by atoms with Gasteiger partial charge in [0.05, 0.1) is 10.9 Å². The number of hydrogen-bond acceptors (Lipinski definition) is 1. The fourth-order valence-corrected chi connectivity index (χ4v) is 2.93. The first-order valence-electron chi connectivity index (χ1n) is 5.38. The minimum atomic E-state index is -0.856. The molecular formula is C12H11BrClFO2. The maximum atomic E-state index is 14.0. The van der Waals surface area contributed by atoms with Crippen molar-refractivity contribution < 1.29 is 14.3 Å². The van der Waals surface area contributed by atoms with Crippen molar-refractivity contribution in [2.24, 2.45) is 5.92 Å². The van der Waals surface area contributed by atoms with Crippen molar-refractivity contribution in [1.82, 2.24) is 0 Å². The van der Waals surface area contributed by atoms with Gasteiger partial charge in [0.1, 0.15) is 5.82 Å². The third-order valence-electron chi connectivity index (χ3n) is 3.30. The number of rotatable bonds is 2. The molecule has 2 nitrogen and oxygen atoms in total. The Morgan fingerprint density at radius 2 is 2.18 bits per heavy atom. The highest BCUT2D eigenvalue weighted by Gasteiger charge is 2.35. The molecule has 1 aromatic carbocycles. The monoisotopic (exact) mass is 320 g/mol. The molecule has 1 fully saturated rings. The predicted molar refractivity (Wildman–Crippen MR) is 66.8 cm³/mol. The van der Waals surface area contributed by atoms with Crippen LogP contribution in [0.25, 0.3) is 0 Å². The Labute approximate surface area is 112 Å². The van der Waals surface area contributed by atoms with E-state index >= 15 is 0 Å². The molecule has 0 amide bonds. The Balaban J connectivity index is 2.40. The van der Waals surface area contributed by atoms with Crippen LogP contribution in [0.4, 0.5) is 4.39 Å². The summed E-state index contributed by atoms with van der Waals surface area (Å²) in [6, 6.07) is 3.29. The molecule has 1 saturated carbocycles. The number of carboxylic acids is 1. The average Bonchev–Trinajstić information content (AvgIpc) is 2.75. The summed E-state index contributed by atoms with van der Waals surface area (Å²) in [6.07, 6.45) is 2.12. The number of hydrogen-bond donors (Lipinski definition) is 1. The van der Waals surface area contributed by atoms with Gasteiger partial charge in [-0.1, -0.05) is 24.1 Å². The second-order valence-corrected chi connectivity index (χ2v) is 5.48. The third kappa shape index (κ3) is 2.33. The largest absolute Gasteiger partial charge is 0.481 e. The van der Waals surface area contributed by atoms with Gasteiger partial charge in [0.2, 0.25) is 0 Å². The Bertz CT molecular complexity index is 464. The predicted octanol–water partition coefficient (Wildman–Crippen LogP) is 4.21. The molecule has 5 heteroatoms. The number of aliphatic carboxylic acids is 1. The second kappa shape index (κ2) is 4.94. The molecule has 17 heavy (non-hydrogen) atoms. The van der Waals surface area contributed by atoms with Gasteiger partial charge in [-0.3, -0.25) is 4.79 Å². The van der Waals surface area contributed by atoms with Crippen molar-refractivity contribution in [2.75, 3.05) is 0 Å². The van der Waals surface area contributed by atoms with Crippen LogP contribution < -0.4 is 0 Å². The van der Waals surface area contributed by atoms with Crippen LogP contribution in [0.15, 0.2) is 16.6 Å². The summed E-state index contributed by atoms with van der Waals surface area (Å²) in [5, 5.41) is 9.12. The summed E-state index contributed by atoms with van der Waals surface area (Å²) in [5.74, 6) is -2.12. The zero-order valence-corrected chi connectivity index (χ0v) is 11.3. The molecule has 0 saturated heterocycles. The number of carbonyl (C=O) groups is 1. The molecule has 1 aliphatic rings. The topological polar surface area (TPSA) is 37.3 Å². The summed E-state index contributed by atoms with van der Waals surface area (Å²) in [5.41, 5.74) is 0.420. The highest BCUT2D eigenvalue weighted by atomic mass is 79.9. The zero-order chi connectivity index (χ0) is 12.6. The molecule has 0 aromatic heterocycles. The van der Waals surface area contributed by atoms with E-state index in [0.717, 1.165) is 6.42 Å². The lowest BCUT2D eigenvalue weighted by atomic mass is 9.88. The van der Waals surface area contributed by atoms with Crippen LogP contribution in [0.2, 0.25) is 5.02 Å². The third-order valence-corrected chi connectivity index (χ3v) is 4.56. The van der Waals surface area contributed by atoms with E-state index in [1.54, 1.807) is 12.1 Å². The van der Waals surface area contributed by atoms with Gasteiger partial charge in [-0.25, -0.2) is 4.39 Å². The summed E-state index contributed by atoms with van der Waals surface area (Å²) < 4.78 is 14.5. The van der Waals surface area contributed by atoms with Gasteiger partial charge in [-0.05, 0) is 40.4 Å². The standard InChI is InChI=1S/C12H11BrClFO2/c13-9-5-4-7(11(15)10(9)14)6-2-1-3-8(6)12(16)17/h4-6,8H,1-3H2,(H,16,17). The van der Waals surface area contributed by atoms with Gasteiger partial charge in [0.15, 0.2) is 0 Å². The molecule has 2 atom stereocenters. The van der Waals surface area contributed by atoms with Crippen LogP contribution in [0.3, 0.4) is 0 Å². The number of halogens is 3. The van der Waals surface area contributed by atoms with E-state index in [1.807, 2.05) is 0 Å². The van der Waals surface area contributed by atoms with Gasteiger partial charge in [-0.15, -0.1) is 0 Å². The van der Waals surface area contributed by atoms with Crippen molar-refractivity contribution in [2.45, 2.75) is 25.2 Å². The summed E-state index contributed by atoms with van der Waals surface area (Å²) in [4.78, 5) is 11.1. The fourth-order valence-electron chi connectivity index (χ4n) is 2.46. The van der Waals surface area contributed by atoms with E-state index < -0.39 is 17.7 Å². The lowest BCUT2D eigenvalue weighted by Crippen LogP contribution is -2.17. The summed E-state index contributed by atoms with van der Waals surface area (Å²) in [6.45, 7) is 0.